The van der Waals surface area contributed by atoms with Crippen LogP contribution >= 0.6 is 0 Å². The molecule has 0 heterocycles. The SMILES string of the molecule is CC(O)C=C[Si](C)(C)c1ccc([Si](C)(C)C=CC(C)O)cc1. The third-order valence-electron chi connectivity index (χ3n) is 3.96. The molecule has 0 saturated carbocycles. The van der Waals surface area contributed by atoms with Gasteiger partial charge in [0, 0.05) is 0 Å². The van der Waals surface area contributed by atoms with Gasteiger partial charge in [-0.1, -0.05) is 84.4 Å². The van der Waals surface area contributed by atoms with Crippen LogP contribution in [-0.4, -0.2) is 38.6 Å². The van der Waals surface area contributed by atoms with Gasteiger partial charge in [0.25, 0.3) is 0 Å². The smallest absolute Gasteiger partial charge is 0.103 e. The van der Waals surface area contributed by atoms with Crippen LogP contribution in [0, 0.1) is 0 Å². The summed E-state index contributed by atoms with van der Waals surface area (Å²) in [4.78, 5) is 0. The van der Waals surface area contributed by atoms with Crippen LogP contribution in [0.2, 0.25) is 26.2 Å². The van der Waals surface area contributed by atoms with Crippen molar-refractivity contribution in [3.63, 3.8) is 0 Å². The first-order valence-electron chi connectivity index (χ1n) is 7.90. The van der Waals surface area contributed by atoms with E-state index in [0.29, 0.717) is 0 Å². The lowest BCUT2D eigenvalue weighted by atomic mass is 10.4. The van der Waals surface area contributed by atoms with Gasteiger partial charge in [0.05, 0.1) is 12.2 Å². The molecule has 122 valence electrons. The summed E-state index contributed by atoms with van der Waals surface area (Å²) in [7, 11) is -3.29. The molecule has 4 heteroatoms. The van der Waals surface area contributed by atoms with E-state index in [0.717, 1.165) is 0 Å². The minimum Gasteiger partial charge on any atom is -0.389 e. The molecule has 2 atom stereocenters. The second-order valence-corrected chi connectivity index (χ2v) is 15.9. The van der Waals surface area contributed by atoms with Crippen molar-refractivity contribution in [2.24, 2.45) is 0 Å². The fraction of sp³-hybridized carbons (Fsp3) is 0.444. The lowest BCUT2D eigenvalue weighted by Crippen LogP contribution is -2.44. The maximum atomic E-state index is 9.43. The summed E-state index contributed by atoms with van der Waals surface area (Å²) >= 11 is 0. The van der Waals surface area contributed by atoms with Gasteiger partial charge in [-0.2, -0.15) is 0 Å². The van der Waals surface area contributed by atoms with Gasteiger partial charge < -0.3 is 10.2 Å². The Morgan fingerprint density at radius 1 is 0.727 bits per heavy atom. The van der Waals surface area contributed by atoms with Gasteiger partial charge in [-0.15, -0.1) is 0 Å². The van der Waals surface area contributed by atoms with Gasteiger partial charge in [0.2, 0.25) is 0 Å². The monoisotopic (exact) mass is 334 g/mol. The highest BCUT2D eigenvalue weighted by Crippen LogP contribution is 2.09. The van der Waals surface area contributed by atoms with Crippen LogP contribution in [0.5, 0.6) is 0 Å². The van der Waals surface area contributed by atoms with Crippen molar-refractivity contribution in [1.29, 1.82) is 0 Å². The average molecular weight is 335 g/mol. The van der Waals surface area contributed by atoms with Crippen LogP contribution in [0.15, 0.2) is 47.8 Å². The Morgan fingerprint density at radius 3 is 1.23 bits per heavy atom. The summed E-state index contributed by atoms with van der Waals surface area (Å²) in [5, 5.41) is 21.6. The maximum Gasteiger partial charge on any atom is 0.103 e. The summed E-state index contributed by atoms with van der Waals surface area (Å²) in [6.45, 7) is 12.7. The van der Waals surface area contributed by atoms with Crippen molar-refractivity contribution in [3.05, 3.63) is 47.8 Å². The highest BCUT2D eigenvalue weighted by Gasteiger charge is 2.23. The van der Waals surface area contributed by atoms with Gasteiger partial charge in [-0.05, 0) is 13.8 Å². The van der Waals surface area contributed by atoms with E-state index in [-0.39, 0.29) is 12.2 Å². The van der Waals surface area contributed by atoms with Gasteiger partial charge in [0.15, 0.2) is 0 Å². The molecule has 1 aromatic rings. The molecule has 0 aliphatic heterocycles. The molecule has 1 aromatic carbocycles. The zero-order valence-corrected chi connectivity index (χ0v) is 16.7. The van der Waals surface area contributed by atoms with E-state index in [9.17, 15) is 10.2 Å². The second-order valence-electron chi connectivity index (χ2n) is 7.22. The van der Waals surface area contributed by atoms with Crippen LogP contribution in [0.4, 0.5) is 0 Å². The normalized spacial score (nSPS) is 16.4. The maximum absolute atomic E-state index is 9.43. The topological polar surface area (TPSA) is 40.5 Å². The van der Waals surface area contributed by atoms with Crippen LogP contribution in [-0.2, 0) is 0 Å². The van der Waals surface area contributed by atoms with Crippen LogP contribution in [0.25, 0.3) is 0 Å². The Bertz CT molecular complexity index is 478. The molecule has 0 aliphatic carbocycles. The number of aliphatic hydroxyl groups excluding tert-OH is 2. The zero-order chi connectivity index (χ0) is 17.0. The molecule has 0 amide bonds. The van der Waals surface area contributed by atoms with Crippen molar-refractivity contribution in [1.82, 2.24) is 0 Å². The minimum atomic E-state index is -1.64. The van der Waals surface area contributed by atoms with E-state index >= 15 is 0 Å². The number of benzene rings is 1. The van der Waals surface area contributed by atoms with Gasteiger partial charge >= 0.3 is 0 Å². The molecule has 0 bridgehead atoms. The molecule has 0 fully saturated rings. The molecule has 0 spiro atoms. The average Bonchev–Trinajstić information content (AvgIpc) is 2.43. The summed E-state index contributed by atoms with van der Waals surface area (Å²) in [5.41, 5.74) is 4.39. The van der Waals surface area contributed by atoms with Crippen molar-refractivity contribution < 1.29 is 10.2 Å². The molecule has 0 saturated heterocycles. The predicted octanol–water partition coefficient (Wildman–Crippen LogP) is 2.47. The van der Waals surface area contributed by atoms with Crippen LogP contribution < -0.4 is 10.4 Å². The van der Waals surface area contributed by atoms with E-state index in [4.69, 9.17) is 0 Å². The standard InChI is InChI=1S/C18H30O2Si2/c1-15(19)11-13-21(3,4)17-7-9-18(10-8-17)22(5,6)14-12-16(2)20/h7-16,19-20H,1-6H3. The summed E-state index contributed by atoms with van der Waals surface area (Å²) in [6.07, 6.45) is 3.01. The highest BCUT2D eigenvalue weighted by atomic mass is 28.3. The largest absolute Gasteiger partial charge is 0.389 e. The van der Waals surface area contributed by atoms with Crippen molar-refractivity contribution in [2.45, 2.75) is 52.2 Å². The first-order chi connectivity index (χ1) is 10.0. The Balaban J connectivity index is 2.99. The van der Waals surface area contributed by atoms with Crippen molar-refractivity contribution in [3.8, 4) is 0 Å². The Kier molecular flexibility index (Phi) is 6.55. The molecular weight excluding hydrogens is 304 g/mol. The van der Waals surface area contributed by atoms with Gasteiger partial charge in [0.1, 0.15) is 16.1 Å². The fourth-order valence-corrected chi connectivity index (χ4v) is 6.24. The van der Waals surface area contributed by atoms with Crippen molar-refractivity contribution >= 4 is 26.5 Å². The molecule has 22 heavy (non-hydrogen) atoms. The Morgan fingerprint density at radius 2 is 1.00 bits per heavy atom. The zero-order valence-electron chi connectivity index (χ0n) is 14.7. The lowest BCUT2D eigenvalue weighted by Gasteiger charge is -2.23. The fourth-order valence-electron chi connectivity index (χ4n) is 2.28. The van der Waals surface area contributed by atoms with E-state index in [2.05, 4.69) is 61.9 Å². The quantitative estimate of drug-likeness (QED) is 0.785. The first-order valence-corrected chi connectivity index (χ1v) is 14.1. The number of hydrogen-bond acceptors (Lipinski definition) is 2. The molecule has 0 aliphatic rings. The van der Waals surface area contributed by atoms with Crippen molar-refractivity contribution in [2.75, 3.05) is 0 Å². The Hall–Kier alpha value is -0.946. The van der Waals surface area contributed by atoms with Crippen LogP contribution in [0.3, 0.4) is 0 Å². The summed E-state index contributed by atoms with van der Waals surface area (Å²) in [5.74, 6) is 0. The minimum absolute atomic E-state index is 0.386. The number of aliphatic hydroxyl groups is 2. The molecule has 1 rings (SSSR count). The summed E-state index contributed by atoms with van der Waals surface area (Å²) in [6, 6.07) is 8.94. The van der Waals surface area contributed by atoms with Crippen LogP contribution in [0.1, 0.15) is 13.8 Å². The van der Waals surface area contributed by atoms with E-state index < -0.39 is 16.1 Å². The lowest BCUT2D eigenvalue weighted by molar-refractivity contribution is 0.244. The second kappa shape index (κ2) is 7.55. The molecular formula is C18H30O2Si2. The molecule has 2 nitrogen and oxygen atoms in total. The van der Waals surface area contributed by atoms with E-state index in [1.807, 2.05) is 12.2 Å². The van der Waals surface area contributed by atoms with Gasteiger partial charge in [-0.25, -0.2) is 0 Å². The van der Waals surface area contributed by atoms with E-state index in [1.165, 1.54) is 10.4 Å². The third kappa shape index (κ3) is 5.68. The number of rotatable bonds is 6. The summed E-state index contributed by atoms with van der Waals surface area (Å²) < 4.78 is 0. The predicted molar refractivity (Wildman–Crippen MR) is 102 cm³/mol. The molecule has 2 unspecified atom stereocenters. The third-order valence-corrected chi connectivity index (χ3v) is 9.65. The molecule has 0 radical (unpaired) electrons. The molecule has 2 N–H and O–H groups in total. The highest BCUT2D eigenvalue weighted by molar-refractivity contribution is 6.95. The Labute approximate surface area is 137 Å². The first kappa shape index (κ1) is 19.1. The van der Waals surface area contributed by atoms with Gasteiger partial charge in [-0.3, -0.25) is 0 Å². The van der Waals surface area contributed by atoms with E-state index in [1.54, 1.807) is 13.8 Å². The number of hydrogen-bond donors (Lipinski definition) is 2. The molecule has 0 aromatic heterocycles.